The first-order valence-electron chi connectivity index (χ1n) is 18.3. The molecule has 3 heterocycles. The Kier molecular flexibility index (Phi) is 12.1. The third-order valence-electron chi connectivity index (χ3n) is 10.3. The van der Waals surface area contributed by atoms with Crippen molar-refractivity contribution in [2.24, 2.45) is 5.41 Å². The van der Waals surface area contributed by atoms with Gasteiger partial charge < -0.3 is 30.3 Å². The summed E-state index contributed by atoms with van der Waals surface area (Å²) in [6.07, 6.45) is 5.60. The summed E-state index contributed by atoms with van der Waals surface area (Å²) in [6.45, 7) is 8.18. The summed E-state index contributed by atoms with van der Waals surface area (Å²) in [7, 11) is 0. The molecule has 274 valence electrons. The van der Waals surface area contributed by atoms with Crippen LogP contribution in [-0.2, 0) is 48.2 Å². The van der Waals surface area contributed by atoms with Gasteiger partial charge in [-0.1, -0.05) is 65.2 Å². The number of Topliss-reactive ketones (excluding diaryl/α,β-unsaturated/α-hetero) is 1. The van der Waals surface area contributed by atoms with Gasteiger partial charge in [0.2, 0.25) is 17.6 Å². The lowest BCUT2D eigenvalue weighted by atomic mass is 9.85. The van der Waals surface area contributed by atoms with Crippen LogP contribution in [0.15, 0.2) is 18.2 Å². The van der Waals surface area contributed by atoms with Gasteiger partial charge in [-0.05, 0) is 67.1 Å². The molecule has 1 saturated heterocycles. The molecule has 13 nitrogen and oxygen atoms in total. The highest BCUT2D eigenvalue weighted by molar-refractivity contribution is 6.38. The quantitative estimate of drug-likeness (QED) is 0.362. The van der Waals surface area contributed by atoms with Crippen LogP contribution in [0.2, 0.25) is 0 Å². The Morgan fingerprint density at radius 3 is 2.44 bits per heavy atom. The molecule has 50 heavy (non-hydrogen) atoms. The minimum atomic E-state index is -1.12. The van der Waals surface area contributed by atoms with Crippen molar-refractivity contribution < 1.29 is 38.2 Å². The molecule has 4 atom stereocenters. The van der Waals surface area contributed by atoms with E-state index in [1.54, 1.807) is 25.7 Å². The minimum Gasteiger partial charge on any atom is -0.450 e. The molecule has 3 N–H and O–H groups in total. The van der Waals surface area contributed by atoms with Gasteiger partial charge in [-0.2, -0.15) is 0 Å². The Hall–Kier alpha value is -4.16. The number of hydrogen-bond donors (Lipinski definition) is 3. The molecule has 2 fully saturated rings. The highest BCUT2D eigenvalue weighted by Crippen LogP contribution is 2.31. The molecular formula is C37H53N5O8. The van der Waals surface area contributed by atoms with E-state index in [-0.39, 0.29) is 32.0 Å². The zero-order valence-electron chi connectivity index (χ0n) is 29.9. The molecule has 5 rings (SSSR count). The first kappa shape index (κ1) is 37.1. The molecular weight excluding hydrogens is 642 g/mol. The van der Waals surface area contributed by atoms with Crippen LogP contribution in [0.3, 0.4) is 0 Å². The van der Waals surface area contributed by atoms with Gasteiger partial charge in [-0.3, -0.25) is 24.1 Å². The zero-order chi connectivity index (χ0) is 36.0. The van der Waals surface area contributed by atoms with E-state index >= 15 is 0 Å². The number of benzene rings is 1. The molecule has 5 amide bonds. The number of nitrogens with one attached hydrogen (secondary N) is 3. The van der Waals surface area contributed by atoms with Gasteiger partial charge in [0, 0.05) is 25.6 Å². The van der Waals surface area contributed by atoms with Crippen LogP contribution in [0, 0.1) is 5.41 Å². The highest BCUT2D eigenvalue weighted by atomic mass is 16.6. The number of ether oxygens (including phenoxy) is 2. The van der Waals surface area contributed by atoms with E-state index in [9.17, 15) is 28.8 Å². The Balaban J connectivity index is 1.38. The van der Waals surface area contributed by atoms with Crippen molar-refractivity contribution in [1.82, 2.24) is 25.8 Å². The fraction of sp³-hybridized carbons (Fsp3) is 0.676. The van der Waals surface area contributed by atoms with Crippen molar-refractivity contribution in [3.8, 4) is 0 Å². The molecule has 1 aliphatic carbocycles. The van der Waals surface area contributed by atoms with Crippen LogP contribution in [-0.4, -0.2) is 88.9 Å². The maximum Gasteiger partial charge on any atom is 0.410 e. The van der Waals surface area contributed by atoms with E-state index in [1.807, 2.05) is 19.1 Å². The van der Waals surface area contributed by atoms with E-state index in [0.717, 1.165) is 56.1 Å². The lowest BCUT2D eigenvalue weighted by Gasteiger charge is -2.35. The van der Waals surface area contributed by atoms with Crippen LogP contribution in [0.5, 0.6) is 0 Å². The SMILES string of the molecule is CCC[C@H](NC(=O)[C@@H]1C[C@@H]2CN1C(=O)[C@H](C(C)(C)C)NC(=O)OCCCCCCc1cccc3c1CN(C3)C(=O)O2)C(=O)C(=O)NC1CCC1. The molecule has 1 aromatic carbocycles. The molecule has 13 heteroatoms. The number of ketones is 1. The second-order valence-corrected chi connectivity index (χ2v) is 15.2. The average molecular weight is 696 g/mol. The molecule has 3 aliphatic heterocycles. The number of carbonyl (C=O) groups excluding carboxylic acids is 6. The van der Waals surface area contributed by atoms with Gasteiger partial charge in [0.25, 0.3) is 5.91 Å². The van der Waals surface area contributed by atoms with Crippen LogP contribution in [0.25, 0.3) is 0 Å². The molecule has 1 saturated carbocycles. The summed E-state index contributed by atoms with van der Waals surface area (Å²) in [5.74, 6) is -2.64. The van der Waals surface area contributed by atoms with Crippen molar-refractivity contribution in [3.05, 3.63) is 34.9 Å². The minimum absolute atomic E-state index is 0.0159. The van der Waals surface area contributed by atoms with Gasteiger partial charge in [-0.15, -0.1) is 0 Å². The lowest BCUT2D eigenvalue weighted by Crippen LogP contribution is -2.59. The maximum atomic E-state index is 14.3. The van der Waals surface area contributed by atoms with E-state index in [2.05, 4.69) is 22.0 Å². The molecule has 1 aromatic rings. The van der Waals surface area contributed by atoms with Crippen molar-refractivity contribution in [1.29, 1.82) is 0 Å². The lowest BCUT2D eigenvalue weighted by molar-refractivity contribution is -0.144. The van der Waals surface area contributed by atoms with Gasteiger partial charge >= 0.3 is 12.2 Å². The van der Waals surface area contributed by atoms with Crippen molar-refractivity contribution >= 4 is 35.7 Å². The molecule has 0 radical (unpaired) electrons. The number of alkyl carbamates (subject to hydrolysis) is 1. The molecule has 4 bridgehead atoms. The predicted molar refractivity (Wildman–Crippen MR) is 184 cm³/mol. The topological polar surface area (TPSA) is 163 Å². The summed E-state index contributed by atoms with van der Waals surface area (Å²) in [5.41, 5.74) is 2.62. The third-order valence-corrected chi connectivity index (χ3v) is 10.3. The van der Waals surface area contributed by atoms with Crippen molar-refractivity contribution in [3.63, 3.8) is 0 Å². The zero-order valence-corrected chi connectivity index (χ0v) is 29.9. The summed E-state index contributed by atoms with van der Waals surface area (Å²) in [6, 6.07) is 2.80. The number of cyclic esters (lactones) is 1. The van der Waals surface area contributed by atoms with Crippen molar-refractivity contribution in [2.45, 2.75) is 142 Å². The summed E-state index contributed by atoms with van der Waals surface area (Å²) < 4.78 is 11.4. The predicted octanol–water partition coefficient (Wildman–Crippen LogP) is 3.89. The van der Waals surface area contributed by atoms with Crippen LogP contribution < -0.4 is 16.0 Å². The number of fused-ring (bicyclic) bond motifs is 3. The number of hydrogen-bond acceptors (Lipinski definition) is 8. The fourth-order valence-electron chi connectivity index (χ4n) is 7.15. The van der Waals surface area contributed by atoms with E-state index in [1.165, 1.54) is 10.5 Å². The Morgan fingerprint density at radius 1 is 1.00 bits per heavy atom. The third kappa shape index (κ3) is 8.95. The average Bonchev–Trinajstić information content (AvgIpc) is 3.68. The second-order valence-electron chi connectivity index (χ2n) is 15.2. The van der Waals surface area contributed by atoms with Gasteiger partial charge in [0.1, 0.15) is 18.2 Å². The number of rotatable bonds is 7. The Morgan fingerprint density at radius 2 is 1.74 bits per heavy atom. The monoisotopic (exact) mass is 695 g/mol. The maximum absolute atomic E-state index is 14.3. The summed E-state index contributed by atoms with van der Waals surface area (Å²) in [5, 5.41) is 8.21. The molecule has 0 aromatic heterocycles. The first-order chi connectivity index (χ1) is 23.8. The Bertz CT molecular complexity index is 1450. The van der Waals surface area contributed by atoms with Crippen LogP contribution in [0.1, 0.15) is 109 Å². The number of carbonyl (C=O) groups is 6. The first-order valence-corrected chi connectivity index (χ1v) is 18.3. The highest BCUT2D eigenvalue weighted by Gasteiger charge is 2.47. The molecule has 4 aliphatic rings. The second kappa shape index (κ2) is 16.2. The summed E-state index contributed by atoms with van der Waals surface area (Å²) in [4.78, 5) is 83.7. The molecule has 0 spiro atoms. The normalized spacial score (nSPS) is 24.3. The Labute approximate surface area is 294 Å². The molecule has 0 unspecified atom stereocenters. The number of nitrogens with zero attached hydrogens (tertiary/aromatic N) is 2. The summed E-state index contributed by atoms with van der Waals surface area (Å²) >= 11 is 0. The fourth-order valence-corrected chi connectivity index (χ4v) is 7.15. The van der Waals surface area contributed by atoms with Crippen LogP contribution in [0.4, 0.5) is 9.59 Å². The van der Waals surface area contributed by atoms with Crippen LogP contribution >= 0.6 is 0 Å². The van der Waals surface area contributed by atoms with Crippen molar-refractivity contribution in [2.75, 3.05) is 13.2 Å². The van der Waals surface area contributed by atoms with E-state index in [0.29, 0.717) is 25.9 Å². The number of amides is 5. The van der Waals surface area contributed by atoms with E-state index < -0.39 is 65.3 Å². The number of aryl methyl sites for hydroxylation is 1. The standard InChI is InChI=1S/C37H53N5O8/c1-5-12-28(30(43)33(45)38-25-16-11-17-25)39-32(44)29-19-26-21-42(29)34(46)31(37(2,3)4)40-35(47)49-18-9-7-6-8-13-23-14-10-15-24-20-41(22-27(23)24)36(48)50-26/h10,14-15,25-26,28-29,31H,5-9,11-13,16-22H2,1-4H3,(H,38,45)(H,39,44)(H,40,47)/t26-,28+,29+,31-/m1/s1. The smallest absolute Gasteiger partial charge is 0.410 e. The van der Waals surface area contributed by atoms with Gasteiger partial charge in [-0.25, -0.2) is 9.59 Å². The largest absolute Gasteiger partial charge is 0.450 e. The van der Waals surface area contributed by atoms with Gasteiger partial charge in [0.15, 0.2) is 0 Å². The van der Waals surface area contributed by atoms with Gasteiger partial charge in [0.05, 0.1) is 19.2 Å². The van der Waals surface area contributed by atoms with E-state index in [4.69, 9.17) is 9.47 Å².